The van der Waals surface area contributed by atoms with Gasteiger partial charge in [-0.25, -0.2) is 12.7 Å². The van der Waals surface area contributed by atoms with Crippen molar-refractivity contribution in [3.8, 4) is 0 Å². The van der Waals surface area contributed by atoms with Crippen molar-refractivity contribution in [2.75, 3.05) is 18.8 Å². The first kappa shape index (κ1) is 13.9. The predicted octanol–water partition coefficient (Wildman–Crippen LogP) is 0.801. The van der Waals surface area contributed by atoms with Gasteiger partial charge in [-0.2, -0.15) is 0 Å². The summed E-state index contributed by atoms with van der Waals surface area (Å²) in [6.45, 7) is 1.02. The summed E-state index contributed by atoms with van der Waals surface area (Å²) in [7, 11) is -3.31. The number of aliphatic hydroxyl groups is 1. The monoisotopic (exact) mass is 296 g/mol. The van der Waals surface area contributed by atoms with E-state index >= 15 is 0 Å². The van der Waals surface area contributed by atoms with Crippen LogP contribution in [0.1, 0.15) is 18.4 Å². The lowest BCUT2D eigenvalue weighted by Crippen LogP contribution is -2.32. The Kier molecular flexibility index (Phi) is 3.48. The van der Waals surface area contributed by atoms with Crippen molar-refractivity contribution < 1.29 is 13.5 Å². The van der Waals surface area contributed by atoms with Crippen LogP contribution in [0, 0.1) is 11.8 Å². The minimum Gasteiger partial charge on any atom is -0.399 e. The quantitative estimate of drug-likeness (QED) is 0.808. The topological polar surface area (TPSA) is 83.6 Å². The summed E-state index contributed by atoms with van der Waals surface area (Å²) < 4.78 is 26.4. The number of aliphatic hydroxyl groups excluding tert-OH is 1. The van der Waals surface area contributed by atoms with Crippen LogP contribution in [0.3, 0.4) is 0 Å². The number of nitrogens with zero attached hydrogens (tertiary/aromatic N) is 1. The van der Waals surface area contributed by atoms with E-state index in [-0.39, 0.29) is 17.8 Å². The van der Waals surface area contributed by atoms with Crippen molar-refractivity contribution in [2.45, 2.75) is 24.7 Å². The molecule has 0 bridgehead atoms. The molecule has 1 saturated carbocycles. The molecule has 3 rings (SSSR count). The number of rotatable bonds is 3. The van der Waals surface area contributed by atoms with Crippen LogP contribution in [0.25, 0.3) is 0 Å². The van der Waals surface area contributed by atoms with Crippen LogP contribution < -0.4 is 5.73 Å². The average Bonchev–Trinajstić information content (AvgIpc) is 2.95. The number of nitrogens with two attached hydrogens (primary N) is 1. The van der Waals surface area contributed by atoms with Gasteiger partial charge in [0.15, 0.2) is 0 Å². The Morgan fingerprint density at radius 3 is 2.55 bits per heavy atom. The Balaban J connectivity index is 1.72. The van der Waals surface area contributed by atoms with E-state index in [1.807, 2.05) is 0 Å². The average molecular weight is 296 g/mol. The highest BCUT2D eigenvalue weighted by molar-refractivity contribution is 7.88. The van der Waals surface area contributed by atoms with Crippen LogP contribution in [0.15, 0.2) is 24.3 Å². The molecule has 2 fully saturated rings. The maximum Gasteiger partial charge on any atom is 0.218 e. The molecule has 1 aromatic rings. The van der Waals surface area contributed by atoms with E-state index in [9.17, 15) is 13.5 Å². The standard InChI is InChI=1S/C14H20N2O3S/c15-12-4-1-10(2-5-12)9-20(18,19)16-7-11-3-6-14(17)13(11)8-16/h1-2,4-5,11,13-14,17H,3,6-9,15H2. The summed E-state index contributed by atoms with van der Waals surface area (Å²) in [6, 6.07) is 6.93. The molecular weight excluding hydrogens is 276 g/mol. The van der Waals surface area contributed by atoms with E-state index in [0.29, 0.717) is 24.7 Å². The van der Waals surface area contributed by atoms with Crippen molar-refractivity contribution in [1.82, 2.24) is 4.31 Å². The third-order valence-corrected chi connectivity index (χ3v) is 6.29. The van der Waals surface area contributed by atoms with Crippen molar-refractivity contribution in [3.63, 3.8) is 0 Å². The maximum atomic E-state index is 12.4. The van der Waals surface area contributed by atoms with Crippen molar-refractivity contribution in [3.05, 3.63) is 29.8 Å². The number of benzene rings is 1. The van der Waals surface area contributed by atoms with E-state index in [1.54, 1.807) is 28.6 Å². The molecule has 6 heteroatoms. The molecule has 0 aromatic heterocycles. The molecule has 20 heavy (non-hydrogen) atoms. The van der Waals surface area contributed by atoms with E-state index in [0.717, 1.165) is 18.4 Å². The molecular formula is C14H20N2O3S. The SMILES string of the molecule is Nc1ccc(CS(=O)(=O)N2CC3CCC(O)C3C2)cc1. The summed E-state index contributed by atoms with van der Waals surface area (Å²) in [5, 5.41) is 9.87. The minimum absolute atomic E-state index is 0.00279. The van der Waals surface area contributed by atoms with Crippen LogP contribution >= 0.6 is 0 Å². The Bertz CT molecular complexity index is 585. The second kappa shape index (κ2) is 5.02. The highest BCUT2D eigenvalue weighted by Gasteiger charge is 2.45. The molecule has 1 aromatic carbocycles. The first-order chi connectivity index (χ1) is 9.45. The zero-order valence-corrected chi connectivity index (χ0v) is 12.1. The summed E-state index contributed by atoms with van der Waals surface area (Å²) in [6.07, 6.45) is 1.40. The van der Waals surface area contributed by atoms with Crippen LogP contribution in [0.4, 0.5) is 5.69 Å². The lowest BCUT2D eigenvalue weighted by Gasteiger charge is -2.18. The summed E-state index contributed by atoms with van der Waals surface area (Å²) in [5.74, 6) is 0.449. The Morgan fingerprint density at radius 2 is 1.90 bits per heavy atom. The van der Waals surface area contributed by atoms with Gasteiger partial charge in [-0.05, 0) is 36.5 Å². The first-order valence-electron chi connectivity index (χ1n) is 6.96. The van der Waals surface area contributed by atoms with Gasteiger partial charge in [0.05, 0.1) is 11.9 Å². The number of fused-ring (bicyclic) bond motifs is 1. The number of hydrogen-bond acceptors (Lipinski definition) is 4. The number of nitrogen functional groups attached to an aromatic ring is 1. The molecule has 1 aliphatic carbocycles. The second-order valence-corrected chi connectivity index (χ2v) is 7.85. The zero-order valence-electron chi connectivity index (χ0n) is 11.3. The van der Waals surface area contributed by atoms with Gasteiger partial charge in [0.2, 0.25) is 10.0 Å². The summed E-state index contributed by atoms with van der Waals surface area (Å²) >= 11 is 0. The fraction of sp³-hybridized carbons (Fsp3) is 0.571. The highest BCUT2D eigenvalue weighted by Crippen LogP contribution is 2.39. The normalized spacial score (nSPS) is 30.6. The molecule has 110 valence electrons. The Hall–Kier alpha value is -1.11. The molecule has 3 unspecified atom stereocenters. The van der Waals surface area contributed by atoms with E-state index < -0.39 is 10.0 Å². The van der Waals surface area contributed by atoms with Gasteiger partial charge >= 0.3 is 0 Å². The largest absolute Gasteiger partial charge is 0.399 e. The second-order valence-electron chi connectivity index (χ2n) is 5.88. The molecule has 0 amide bonds. The molecule has 3 atom stereocenters. The van der Waals surface area contributed by atoms with Gasteiger partial charge in [0.25, 0.3) is 0 Å². The van der Waals surface area contributed by atoms with Gasteiger partial charge < -0.3 is 10.8 Å². The predicted molar refractivity (Wildman–Crippen MR) is 77.3 cm³/mol. The third-order valence-electron chi connectivity index (χ3n) is 4.51. The van der Waals surface area contributed by atoms with Crippen LogP contribution in [-0.4, -0.2) is 37.0 Å². The molecule has 1 saturated heterocycles. The fourth-order valence-electron chi connectivity index (χ4n) is 3.34. The lowest BCUT2D eigenvalue weighted by atomic mass is 10.00. The number of hydrogen-bond donors (Lipinski definition) is 2. The fourth-order valence-corrected chi connectivity index (χ4v) is 4.95. The van der Waals surface area contributed by atoms with Crippen molar-refractivity contribution in [1.29, 1.82) is 0 Å². The zero-order chi connectivity index (χ0) is 14.3. The Morgan fingerprint density at radius 1 is 1.20 bits per heavy atom. The smallest absolute Gasteiger partial charge is 0.218 e. The molecule has 2 aliphatic rings. The molecule has 0 radical (unpaired) electrons. The number of anilines is 1. The van der Waals surface area contributed by atoms with Crippen LogP contribution in [-0.2, 0) is 15.8 Å². The van der Waals surface area contributed by atoms with Crippen molar-refractivity contribution >= 4 is 15.7 Å². The van der Waals surface area contributed by atoms with E-state index in [2.05, 4.69) is 0 Å². The third kappa shape index (κ3) is 2.55. The lowest BCUT2D eigenvalue weighted by molar-refractivity contribution is 0.129. The molecule has 5 nitrogen and oxygen atoms in total. The molecule has 0 spiro atoms. The minimum atomic E-state index is -3.31. The van der Waals surface area contributed by atoms with Gasteiger partial charge in [-0.15, -0.1) is 0 Å². The Labute approximate surface area is 119 Å². The summed E-state index contributed by atoms with van der Waals surface area (Å²) in [5.41, 5.74) is 6.98. The summed E-state index contributed by atoms with van der Waals surface area (Å²) in [4.78, 5) is 0. The highest BCUT2D eigenvalue weighted by atomic mass is 32.2. The molecule has 1 heterocycles. The van der Waals surface area contributed by atoms with Crippen molar-refractivity contribution in [2.24, 2.45) is 11.8 Å². The van der Waals surface area contributed by atoms with E-state index in [1.165, 1.54) is 0 Å². The first-order valence-corrected chi connectivity index (χ1v) is 8.57. The van der Waals surface area contributed by atoms with Gasteiger partial charge in [0.1, 0.15) is 0 Å². The van der Waals surface area contributed by atoms with Gasteiger partial charge in [0, 0.05) is 24.7 Å². The molecule has 1 aliphatic heterocycles. The van der Waals surface area contributed by atoms with Gasteiger partial charge in [-0.3, -0.25) is 0 Å². The number of sulfonamides is 1. The van der Waals surface area contributed by atoms with Crippen LogP contribution in [0.5, 0.6) is 0 Å². The van der Waals surface area contributed by atoms with Crippen LogP contribution in [0.2, 0.25) is 0 Å². The molecule has 3 N–H and O–H groups in total. The maximum absolute atomic E-state index is 12.4. The van der Waals surface area contributed by atoms with E-state index in [4.69, 9.17) is 5.73 Å². The van der Waals surface area contributed by atoms with Gasteiger partial charge in [-0.1, -0.05) is 12.1 Å².